The predicted molar refractivity (Wildman–Crippen MR) is 205 cm³/mol. The van der Waals surface area contributed by atoms with Gasteiger partial charge in [-0.3, -0.25) is 4.79 Å². The smallest absolute Gasteiger partial charge is 0.226 e. The minimum atomic E-state index is 0.0835. The Morgan fingerprint density at radius 1 is 0.915 bits per heavy atom. The first-order valence-electron chi connectivity index (χ1n) is 18.6. The summed E-state index contributed by atoms with van der Waals surface area (Å²) in [5, 5.41) is 0. The average molecular weight is 656 g/mol. The fourth-order valence-electron chi connectivity index (χ4n) is 4.96. The number of allylic oxidation sites excluding steroid dienone is 5. The molecule has 1 aromatic carbocycles. The van der Waals surface area contributed by atoms with E-state index in [0.717, 1.165) is 55.7 Å². The van der Waals surface area contributed by atoms with E-state index in [0.29, 0.717) is 19.3 Å². The molecule has 1 amide bonds. The van der Waals surface area contributed by atoms with Gasteiger partial charge in [0, 0.05) is 37.9 Å². The molecule has 0 bridgehead atoms. The maximum atomic E-state index is 11.9. The summed E-state index contributed by atoms with van der Waals surface area (Å²) in [5.74, 6) is 3.02. The Morgan fingerprint density at radius 2 is 1.53 bits per heavy atom. The number of amides is 1. The number of rotatable bonds is 16. The maximum absolute atomic E-state index is 11.9. The van der Waals surface area contributed by atoms with Crippen LogP contribution >= 0.6 is 0 Å². The lowest BCUT2D eigenvalue weighted by molar-refractivity contribution is -0.128. The monoisotopic (exact) mass is 656 g/mol. The molecule has 270 valence electrons. The molecule has 5 heteroatoms. The lowest BCUT2D eigenvalue weighted by Crippen LogP contribution is -2.30. The number of benzene rings is 1. The third-order valence-electron chi connectivity index (χ3n) is 7.49. The van der Waals surface area contributed by atoms with Crippen LogP contribution in [-0.2, 0) is 20.8 Å². The van der Waals surface area contributed by atoms with Crippen LogP contribution in [-0.4, -0.2) is 35.5 Å². The van der Waals surface area contributed by atoms with E-state index in [4.69, 9.17) is 4.74 Å². The number of unbranched alkanes of at least 4 members (excludes halogenated alkanes) is 1. The van der Waals surface area contributed by atoms with Crippen LogP contribution in [0.2, 0.25) is 0 Å². The lowest BCUT2D eigenvalue weighted by atomic mass is 9.85. The first kappa shape index (κ1) is 48.4. The molecule has 0 aromatic heterocycles. The highest BCUT2D eigenvalue weighted by Gasteiger charge is 2.18. The van der Waals surface area contributed by atoms with Crippen molar-refractivity contribution in [3.8, 4) is 5.75 Å². The highest BCUT2D eigenvalue weighted by Crippen LogP contribution is 2.33. The number of nitrogens with zero attached hydrogens (tertiary/aromatic N) is 1. The normalized spacial score (nSPS) is 12.8. The van der Waals surface area contributed by atoms with Gasteiger partial charge in [0.1, 0.15) is 17.3 Å². The van der Waals surface area contributed by atoms with Crippen LogP contribution in [0.15, 0.2) is 54.3 Å². The summed E-state index contributed by atoms with van der Waals surface area (Å²) in [5.41, 5.74) is 3.92. The predicted octanol–water partition coefficient (Wildman–Crippen LogP) is 12.0. The number of ketones is 2. The number of carbonyl (C=O) groups is 3. The molecule has 2 atom stereocenters. The van der Waals surface area contributed by atoms with E-state index >= 15 is 0 Å². The number of hydrogen-bond donors (Lipinski definition) is 0. The molecular weight excluding hydrogens is 582 g/mol. The zero-order chi connectivity index (χ0) is 36.6. The van der Waals surface area contributed by atoms with Gasteiger partial charge in [0.25, 0.3) is 0 Å². The maximum Gasteiger partial charge on any atom is 0.226 e. The van der Waals surface area contributed by atoms with E-state index in [9.17, 15) is 14.4 Å². The number of hydrogen-bond acceptors (Lipinski definition) is 4. The molecule has 1 heterocycles. The highest BCUT2D eigenvalue weighted by atomic mass is 16.5. The van der Waals surface area contributed by atoms with Gasteiger partial charge in [-0.1, -0.05) is 118 Å². The van der Waals surface area contributed by atoms with Gasteiger partial charge in [0.2, 0.25) is 5.91 Å². The molecule has 0 radical (unpaired) electrons. The Bertz CT molecular complexity index is 1020. The Morgan fingerprint density at radius 3 is 2.00 bits per heavy atom. The van der Waals surface area contributed by atoms with Gasteiger partial charge in [-0.2, -0.15) is 0 Å². The average Bonchev–Trinajstić information content (AvgIpc) is 3.56. The van der Waals surface area contributed by atoms with Gasteiger partial charge >= 0.3 is 0 Å². The van der Waals surface area contributed by atoms with Gasteiger partial charge in [-0.15, -0.1) is 0 Å². The van der Waals surface area contributed by atoms with Crippen LogP contribution in [0.4, 0.5) is 0 Å². The second kappa shape index (κ2) is 33.0. The molecule has 2 unspecified atom stereocenters. The summed E-state index contributed by atoms with van der Waals surface area (Å²) in [6.07, 6.45) is 19.7. The molecule has 0 N–H and O–H groups in total. The quantitative estimate of drug-likeness (QED) is 0.166. The molecule has 0 aliphatic carbocycles. The number of fused-ring (bicyclic) bond motifs is 1. The van der Waals surface area contributed by atoms with E-state index in [2.05, 4.69) is 45.9 Å². The Labute approximate surface area is 291 Å². The second-order valence-corrected chi connectivity index (χ2v) is 11.5. The number of ether oxygens (including phenoxy) is 1. The number of carbonyl (C=O) groups excluding carboxylic acids is 3. The van der Waals surface area contributed by atoms with Gasteiger partial charge in [-0.25, -0.2) is 0 Å². The standard InChI is InChI=1S/C17H26O.C15H25NO.C6H10O2.2C2H6/c1-4-6-13(3)11-14(5-2)15-7-8-17-16(12-15)9-10-18-17;1-5-9-11-12-14(7-3)16(13-10-6-2)15(17)8-4;1-5(7)3-4-6(2)8;2*1-2/h7-8,12-14H,4-6,9-11H2,1-3H3;5,7,9,11-12H,6,8,10,13H2,1-4H3;3-4H2,1-2H3;2*1-2H3/b;9-5+,12-11-,14-7+;;;. The van der Waals surface area contributed by atoms with Crippen molar-refractivity contribution in [3.63, 3.8) is 0 Å². The van der Waals surface area contributed by atoms with Crippen molar-refractivity contribution in [3.05, 3.63) is 65.4 Å². The molecule has 0 saturated carbocycles. The molecule has 2 rings (SSSR count). The summed E-state index contributed by atoms with van der Waals surface area (Å²) >= 11 is 0. The van der Waals surface area contributed by atoms with Gasteiger partial charge < -0.3 is 19.2 Å². The summed E-state index contributed by atoms with van der Waals surface area (Å²) in [7, 11) is 0. The fraction of sp³-hybridized carbons (Fsp3) is 0.643. The molecule has 1 aromatic rings. The van der Waals surface area contributed by atoms with E-state index in [1.54, 1.807) is 0 Å². The molecule has 0 fully saturated rings. The topological polar surface area (TPSA) is 63.7 Å². The zero-order valence-electron chi connectivity index (χ0n) is 32.8. The van der Waals surface area contributed by atoms with Gasteiger partial charge in [-0.05, 0) is 82.1 Å². The van der Waals surface area contributed by atoms with Crippen LogP contribution in [0, 0.1) is 5.92 Å². The fourth-order valence-corrected chi connectivity index (χ4v) is 4.96. The third kappa shape index (κ3) is 23.9. The second-order valence-electron chi connectivity index (χ2n) is 11.5. The molecule has 47 heavy (non-hydrogen) atoms. The summed E-state index contributed by atoms with van der Waals surface area (Å²) in [6.45, 7) is 27.6. The van der Waals surface area contributed by atoms with Crippen LogP contribution in [0.5, 0.6) is 5.75 Å². The first-order chi connectivity index (χ1) is 22.6. The van der Waals surface area contributed by atoms with E-state index in [-0.39, 0.29) is 17.5 Å². The van der Waals surface area contributed by atoms with Crippen molar-refractivity contribution in [1.29, 1.82) is 0 Å². The molecular formula is C42H73NO4. The van der Waals surface area contributed by atoms with Crippen molar-refractivity contribution in [2.75, 3.05) is 13.2 Å². The highest BCUT2D eigenvalue weighted by molar-refractivity contribution is 5.83. The molecule has 0 saturated heterocycles. The van der Waals surface area contributed by atoms with Crippen LogP contribution < -0.4 is 4.74 Å². The van der Waals surface area contributed by atoms with Gasteiger partial charge in [0.15, 0.2) is 0 Å². The van der Waals surface area contributed by atoms with E-state index in [1.165, 1.54) is 50.7 Å². The summed E-state index contributed by atoms with van der Waals surface area (Å²) in [4.78, 5) is 34.2. The lowest BCUT2D eigenvalue weighted by Gasteiger charge is -2.23. The first-order valence-corrected chi connectivity index (χ1v) is 18.6. The van der Waals surface area contributed by atoms with Crippen molar-refractivity contribution in [2.45, 2.75) is 160 Å². The largest absolute Gasteiger partial charge is 0.493 e. The molecule has 0 spiro atoms. The summed E-state index contributed by atoms with van der Waals surface area (Å²) in [6, 6.07) is 6.83. The van der Waals surface area contributed by atoms with Crippen LogP contribution in [0.3, 0.4) is 0 Å². The van der Waals surface area contributed by atoms with Crippen molar-refractivity contribution in [2.24, 2.45) is 5.92 Å². The molecule has 1 aliphatic rings. The third-order valence-corrected chi connectivity index (χ3v) is 7.49. The SMILES string of the molecule is C/C=C/C=C\C(=C/C)N(CCCC)C(=O)CC.CC.CC.CC(=O)CCC(C)=O.CCCC(C)CC(CC)c1ccc2c(c1)CCO2. The van der Waals surface area contributed by atoms with Crippen molar-refractivity contribution >= 4 is 17.5 Å². The van der Waals surface area contributed by atoms with Crippen LogP contribution in [0.25, 0.3) is 0 Å². The summed E-state index contributed by atoms with van der Waals surface area (Å²) < 4.78 is 5.59. The number of Topliss-reactive ketones (excluding diaryl/α,β-unsaturated/α-hetero) is 2. The Hall–Kier alpha value is -2.95. The zero-order valence-corrected chi connectivity index (χ0v) is 32.8. The Balaban J connectivity index is -0.000000621. The minimum Gasteiger partial charge on any atom is -0.493 e. The van der Waals surface area contributed by atoms with E-state index < -0.39 is 0 Å². The van der Waals surface area contributed by atoms with Crippen molar-refractivity contribution < 1.29 is 19.1 Å². The van der Waals surface area contributed by atoms with E-state index in [1.807, 2.05) is 83.7 Å². The minimum absolute atomic E-state index is 0.0835. The van der Waals surface area contributed by atoms with Crippen LogP contribution in [0.1, 0.15) is 165 Å². The molecule has 1 aliphatic heterocycles. The van der Waals surface area contributed by atoms with Gasteiger partial charge in [0.05, 0.1) is 6.61 Å². The molecule has 5 nitrogen and oxygen atoms in total. The van der Waals surface area contributed by atoms with Crippen molar-refractivity contribution in [1.82, 2.24) is 4.90 Å². The Kier molecular flexibility index (Phi) is 34.0.